The summed E-state index contributed by atoms with van der Waals surface area (Å²) in [5.74, 6) is 0. The molecule has 0 fully saturated rings. The quantitative estimate of drug-likeness (QED) is 0.771. The van der Waals surface area contributed by atoms with Crippen LogP contribution in [0.25, 0.3) is 0 Å². The molecule has 1 rings (SSSR count). The molecule has 0 amide bonds. The van der Waals surface area contributed by atoms with E-state index in [1.807, 2.05) is 0 Å². The lowest BCUT2D eigenvalue weighted by atomic mass is 10.2. The molecular weight excluding hydrogens is 198 g/mol. The molecule has 1 aromatic carbocycles. The molecule has 0 saturated carbocycles. The van der Waals surface area contributed by atoms with E-state index in [-0.39, 0.29) is 6.04 Å². The van der Waals surface area contributed by atoms with E-state index in [0.29, 0.717) is 0 Å². The maximum atomic E-state index is 5.85. The second kappa shape index (κ2) is 6.51. The minimum atomic E-state index is 0.237. The topological polar surface area (TPSA) is 41.3 Å². The largest absolute Gasteiger partial charge is 0.383 e. The summed E-state index contributed by atoms with van der Waals surface area (Å²) in [4.78, 5) is 2.16. The van der Waals surface area contributed by atoms with E-state index in [4.69, 9.17) is 5.73 Å². The van der Waals surface area contributed by atoms with E-state index in [9.17, 15) is 0 Å². The first-order valence-corrected chi connectivity index (χ1v) is 5.85. The molecule has 90 valence electrons. The van der Waals surface area contributed by atoms with E-state index >= 15 is 0 Å². The van der Waals surface area contributed by atoms with Crippen LogP contribution in [0.15, 0.2) is 24.3 Å². The number of nitrogens with zero attached hydrogens (tertiary/aromatic N) is 1. The zero-order chi connectivity index (χ0) is 12.0. The van der Waals surface area contributed by atoms with Gasteiger partial charge in [0, 0.05) is 24.8 Å². The maximum Gasteiger partial charge on any atom is 0.0340 e. The fraction of sp³-hybridized carbons (Fsp3) is 0.538. The molecular formula is C13H23N3. The van der Waals surface area contributed by atoms with Crippen molar-refractivity contribution in [2.45, 2.75) is 25.9 Å². The van der Waals surface area contributed by atoms with Crippen molar-refractivity contribution in [2.24, 2.45) is 5.73 Å². The van der Waals surface area contributed by atoms with Gasteiger partial charge in [-0.1, -0.05) is 19.1 Å². The summed E-state index contributed by atoms with van der Waals surface area (Å²) >= 11 is 0. The predicted octanol–water partition coefficient (Wildman–Crippen LogP) is 1.90. The number of rotatable bonds is 6. The van der Waals surface area contributed by atoms with Gasteiger partial charge in [-0.15, -0.1) is 0 Å². The summed E-state index contributed by atoms with van der Waals surface area (Å²) in [6, 6.07) is 8.77. The van der Waals surface area contributed by atoms with Gasteiger partial charge in [0.1, 0.15) is 0 Å². The van der Waals surface area contributed by atoms with Crippen molar-refractivity contribution in [1.29, 1.82) is 0 Å². The molecule has 16 heavy (non-hydrogen) atoms. The molecule has 3 nitrogen and oxygen atoms in total. The highest BCUT2D eigenvalue weighted by Crippen LogP contribution is 2.10. The molecule has 1 atom stereocenters. The highest BCUT2D eigenvalue weighted by Gasteiger charge is 1.99. The molecule has 0 aromatic heterocycles. The highest BCUT2D eigenvalue weighted by molar-refractivity contribution is 5.44. The Morgan fingerprint density at radius 3 is 2.38 bits per heavy atom. The molecule has 0 saturated heterocycles. The summed E-state index contributed by atoms with van der Waals surface area (Å²) in [6.45, 7) is 3.92. The van der Waals surface area contributed by atoms with Crippen molar-refractivity contribution < 1.29 is 0 Å². The van der Waals surface area contributed by atoms with Crippen LogP contribution in [0.4, 0.5) is 5.69 Å². The van der Waals surface area contributed by atoms with Crippen LogP contribution >= 0.6 is 0 Å². The van der Waals surface area contributed by atoms with Crippen LogP contribution in [0.1, 0.15) is 18.9 Å². The number of benzene rings is 1. The van der Waals surface area contributed by atoms with Crippen molar-refractivity contribution in [3.8, 4) is 0 Å². The van der Waals surface area contributed by atoms with E-state index in [1.54, 1.807) is 0 Å². The highest BCUT2D eigenvalue weighted by atomic mass is 15.0. The Labute approximate surface area is 98.6 Å². The van der Waals surface area contributed by atoms with Crippen LogP contribution in [0, 0.1) is 0 Å². The zero-order valence-corrected chi connectivity index (χ0v) is 10.5. The summed E-state index contributed by atoms with van der Waals surface area (Å²) in [5.41, 5.74) is 8.32. The van der Waals surface area contributed by atoms with Crippen LogP contribution in [0.5, 0.6) is 0 Å². The van der Waals surface area contributed by atoms with Crippen LogP contribution < -0.4 is 11.1 Å². The Balaban J connectivity index is 2.45. The molecule has 0 bridgehead atoms. The molecule has 0 heterocycles. The van der Waals surface area contributed by atoms with E-state index in [2.05, 4.69) is 55.5 Å². The average Bonchev–Trinajstić information content (AvgIpc) is 2.27. The molecule has 0 aliphatic rings. The SMILES string of the molecule is CCC(N)CNc1ccc(CN(C)C)cc1. The lowest BCUT2D eigenvalue weighted by Crippen LogP contribution is -2.27. The van der Waals surface area contributed by atoms with E-state index < -0.39 is 0 Å². The Morgan fingerprint density at radius 1 is 1.25 bits per heavy atom. The Kier molecular flexibility index (Phi) is 5.29. The number of nitrogens with two attached hydrogens (primary N) is 1. The van der Waals surface area contributed by atoms with Gasteiger partial charge in [0.05, 0.1) is 0 Å². The van der Waals surface area contributed by atoms with Gasteiger partial charge in [0.2, 0.25) is 0 Å². The van der Waals surface area contributed by atoms with Crippen LogP contribution in [-0.2, 0) is 6.54 Å². The molecule has 0 radical (unpaired) electrons. The molecule has 1 aromatic rings. The van der Waals surface area contributed by atoms with Crippen LogP contribution in [0.2, 0.25) is 0 Å². The molecule has 3 N–H and O–H groups in total. The standard InChI is InChI=1S/C13H23N3/c1-4-12(14)9-15-13-7-5-11(6-8-13)10-16(2)3/h5-8,12,15H,4,9-10,14H2,1-3H3. The fourth-order valence-corrected chi connectivity index (χ4v) is 1.49. The predicted molar refractivity (Wildman–Crippen MR) is 70.6 cm³/mol. The lowest BCUT2D eigenvalue weighted by molar-refractivity contribution is 0.402. The third-order valence-electron chi connectivity index (χ3n) is 2.55. The first-order chi connectivity index (χ1) is 7.61. The summed E-state index contributed by atoms with van der Waals surface area (Å²) in [6.07, 6.45) is 1.01. The molecule has 0 spiro atoms. The first kappa shape index (κ1) is 13.0. The summed E-state index contributed by atoms with van der Waals surface area (Å²) < 4.78 is 0. The van der Waals surface area contributed by atoms with Crippen molar-refractivity contribution in [1.82, 2.24) is 4.90 Å². The Bertz CT molecular complexity index is 293. The third kappa shape index (κ3) is 4.64. The number of hydrogen-bond donors (Lipinski definition) is 2. The van der Waals surface area contributed by atoms with Crippen molar-refractivity contribution in [3.63, 3.8) is 0 Å². The van der Waals surface area contributed by atoms with Crippen molar-refractivity contribution >= 4 is 5.69 Å². The monoisotopic (exact) mass is 221 g/mol. The lowest BCUT2D eigenvalue weighted by Gasteiger charge is -2.13. The molecule has 3 heteroatoms. The van der Waals surface area contributed by atoms with Gasteiger partial charge >= 0.3 is 0 Å². The summed E-state index contributed by atoms with van der Waals surface area (Å²) in [5, 5.41) is 3.34. The Hall–Kier alpha value is -1.06. The van der Waals surface area contributed by atoms with Gasteiger partial charge in [-0.2, -0.15) is 0 Å². The Morgan fingerprint density at radius 2 is 1.88 bits per heavy atom. The minimum absolute atomic E-state index is 0.237. The van der Waals surface area contributed by atoms with Crippen LogP contribution in [0.3, 0.4) is 0 Å². The van der Waals surface area contributed by atoms with Gasteiger partial charge in [-0.25, -0.2) is 0 Å². The molecule has 1 unspecified atom stereocenters. The normalized spacial score (nSPS) is 12.8. The van der Waals surface area contributed by atoms with Gasteiger partial charge < -0.3 is 16.0 Å². The minimum Gasteiger partial charge on any atom is -0.383 e. The smallest absolute Gasteiger partial charge is 0.0340 e. The van der Waals surface area contributed by atoms with Gasteiger partial charge in [0.25, 0.3) is 0 Å². The third-order valence-corrected chi connectivity index (χ3v) is 2.55. The second-order valence-corrected chi connectivity index (χ2v) is 4.48. The summed E-state index contributed by atoms with van der Waals surface area (Å²) in [7, 11) is 4.15. The van der Waals surface area contributed by atoms with Crippen molar-refractivity contribution in [2.75, 3.05) is 26.0 Å². The average molecular weight is 221 g/mol. The van der Waals surface area contributed by atoms with Crippen molar-refractivity contribution in [3.05, 3.63) is 29.8 Å². The van der Waals surface area contributed by atoms with E-state index in [1.165, 1.54) is 5.56 Å². The van der Waals surface area contributed by atoms with Gasteiger partial charge in [-0.05, 0) is 38.2 Å². The maximum absolute atomic E-state index is 5.85. The van der Waals surface area contributed by atoms with E-state index in [0.717, 1.165) is 25.2 Å². The van der Waals surface area contributed by atoms with Crippen LogP contribution in [-0.4, -0.2) is 31.6 Å². The molecule has 0 aliphatic heterocycles. The second-order valence-electron chi connectivity index (χ2n) is 4.48. The van der Waals surface area contributed by atoms with Gasteiger partial charge in [-0.3, -0.25) is 0 Å². The fourth-order valence-electron chi connectivity index (χ4n) is 1.49. The number of anilines is 1. The number of hydrogen-bond acceptors (Lipinski definition) is 3. The zero-order valence-electron chi connectivity index (χ0n) is 10.5. The molecule has 0 aliphatic carbocycles. The van der Waals surface area contributed by atoms with Gasteiger partial charge in [0.15, 0.2) is 0 Å². The first-order valence-electron chi connectivity index (χ1n) is 5.85. The number of nitrogens with one attached hydrogen (secondary N) is 1.